The van der Waals surface area contributed by atoms with Crippen LogP contribution in [0.1, 0.15) is 41.5 Å². The number of hydrogen-bond acceptors (Lipinski definition) is 3. The summed E-state index contributed by atoms with van der Waals surface area (Å²) in [6.07, 6.45) is 3.76. The maximum absolute atomic E-state index is 2.61. The smallest absolute Gasteiger partial charge is 0.290 e. The first-order valence-corrected chi connectivity index (χ1v) is 8.80. The van der Waals surface area contributed by atoms with E-state index in [1.54, 1.807) is 0 Å². The highest BCUT2D eigenvalue weighted by Gasteiger charge is 2.47. The predicted octanol–water partition coefficient (Wildman–Crippen LogP) is 3.23. The summed E-state index contributed by atoms with van der Waals surface area (Å²) in [4.78, 5) is 0. The van der Waals surface area contributed by atoms with E-state index in [1.807, 2.05) is 0 Å². The zero-order valence-electron chi connectivity index (χ0n) is 15.9. The average Bonchev–Trinajstić information content (AvgIpc) is 2.35. The highest BCUT2D eigenvalue weighted by Crippen LogP contribution is 2.27. The Morgan fingerprint density at radius 3 is 0.857 bits per heavy atom. The van der Waals surface area contributed by atoms with Crippen molar-refractivity contribution >= 4 is 20.9 Å². The van der Waals surface area contributed by atoms with Crippen molar-refractivity contribution in [3.8, 4) is 0 Å². The zero-order valence-corrected chi connectivity index (χ0v) is 15.9. The molecule has 0 radical (unpaired) electrons. The lowest BCUT2D eigenvalue weighted by molar-refractivity contribution is 0.490. The molecule has 3 nitrogen and oxygen atoms in total. The first-order valence-electron chi connectivity index (χ1n) is 8.80. The van der Waals surface area contributed by atoms with E-state index in [-0.39, 0.29) is 0 Å². The maximum atomic E-state index is 2.61. The summed E-state index contributed by atoms with van der Waals surface area (Å²) >= 11 is 0. The van der Waals surface area contributed by atoms with Gasteiger partial charge in [0, 0.05) is 0 Å². The van der Waals surface area contributed by atoms with E-state index in [2.05, 4.69) is 76.9 Å². The average molecular weight is 291 g/mol. The van der Waals surface area contributed by atoms with Gasteiger partial charge in [0.1, 0.15) is 0 Å². The molecule has 0 aromatic rings. The van der Waals surface area contributed by atoms with Crippen LogP contribution in [-0.2, 0) is 0 Å². The second-order valence-electron chi connectivity index (χ2n) is 8.33. The van der Waals surface area contributed by atoms with Crippen molar-refractivity contribution < 1.29 is 0 Å². The van der Waals surface area contributed by atoms with Crippen molar-refractivity contribution in [1.82, 2.24) is 14.2 Å². The van der Waals surface area contributed by atoms with Gasteiger partial charge in [-0.3, -0.25) is 0 Å². The second kappa shape index (κ2) is 8.08. The van der Waals surface area contributed by atoms with Gasteiger partial charge < -0.3 is 14.2 Å². The standard InChI is InChI=1S/C15H36B3N3/c1-13(2)10-16-19(7)17(11-14(3)4)21(9)18(20(16)8)12-15(5)6/h13-15H,10-12H2,1-9H3. The quantitative estimate of drug-likeness (QED) is 0.696. The largest absolute Gasteiger partial charge is 0.360 e. The van der Waals surface area contributed by atoms with Gasteiger partial charge in [-0.25, -0.2) is 0 Å². The first kappa shape index (κ1) is 19.1. The lowest BCUT2D eigenvalue weighted by Crippen LogP contribution is -2.75. The van der Waals surface area contributed by atoms with Gasteiger partial charge in [0.05, 0.1) is 0 Å². The molecule has 0 N–H and O–H groups in total. The van der Waals surface area contributed by atoms with Crippen molar-refractivity contribution in [2.75, 3.05) is 21.1 Å². The van der Waals surface area contributed by atoms with E-state index < -0.39 is 0 Å². The van der Waals surface area contributed by atoms with Crippen molar-refractivity contribution in [3.05, 3.63) is 0 Å². The monoisotopic (exact) mass is 291 g/mol. The zero-order chi connectivity index (χ0) is 16.3. The topological polar surface area (TPSA) is 9.72 Å². The molecule has 1 aliphatic rings. The van der Waals surface area contributed by atoms with Crippen LogP contribution in [0, 0.1) is 17.8 Å². The summed E-state index contributed by atoms with van der Waals surface area (Å²) in [5.41, 5.74) is 0. The van der Waals surface area contributed by atoms with Crippen LogP contribution in [0.4, 0.5) is 0 Å². The molecule has 0 bridgehead atoms. The fraction of sp³-hybridized carbons (Fsp3) is 1.00. The third-order valence-corrected chi connectivity index (χ3v) is 4.87. The van der Waals surface area contributed by atoms with E-state index in [4.69, 9.17) is 0 Å². The first-order chi connectivity index (χ1) is 9.65. The summed E-state index contributed by atoms with van der Waals surface area (Å²) in [5, 5.41) is 0. The Morgan fingerprint density at radius 1 is 0.524 bits per heavy atom. The predicted molar refractivity (Wildman–Crippen MR) is 99.5 cm³/mol. The Hall–Kier alpha value is 0.0748. The van der Waals surface area contributed by atoms with Gasteiger partial charge in [0.2, 0.25) is 0 Å². The Morgan fingerprint density at radius 2 is 0.714 bits per heavy atom. The Bertz CT molecular complexity index is 253. The normalized spacial score (nSPS) is 19.7. The lowest BCUT2D eigenvalue weighted by atomic mass is 9.39. The van der Waals surface area contributed by atoms with Crippen molar-refractivity contribution in [1.29, 1.82) is 0 Å². The molecule has 0 aromatic carbocycles. The molecule has 6 heteroatoms. The van der Waals surface area contributed by atoms with Crippen LogP contribution in [0.5, 0.6) is 0 Å². The SMILES string of the molecule is CC(C)CB1N(C)B(CC(C)C)N(C)B(CC(C)C)N1C. The van der Waals surface area contributed by atoms with E-state index in [9.17, 15) is 0 Å². The number of hydrogen-bond donors (Lipinski definition) is 0. The number of nitrogens with zero attached hydrogens (tertiary/aromatic N) is 3. The summed E-state index contributed by atoms with van der Waals surface area (Å²) in [6, 6.07) is 0. The molecule has 120 valence electrons. The van der Waals surface area contributed by atoms with Crippen LogP contribution >= 0.6 is 0 Å². The van der Waals surface area contributed by atoms with Gasteiger partial charge in [-0.05, 0) is 40.1 Å². The van der Waals surface area contributed by atoms with Crippen LogP contribution in [0.15, 0.2) is 0 Å². The van der Waals surface area contributed by atoms with Crippen LogP contribution in [0.25, 0.3) is 0 Å². The minimum Gasteiger partial charge on any atom is -0.360 e. The summed E-state index contributed by atoms with van der Waals surface area (Å²) < 4.78 is 7.82. The van der Waals surface area contributed by atoms with E-state index in [1.165, 1.54) is 19.0 Å². The van der Waals surface area contributed by atoms with E-state index >= 15 is 0 Å². The molecule has 0 atom stereocenters. The molecule has 1 saturated heterocycles. The highest BCUT2D eigenvalue weighted by molar-refractivity contribution is 6.85. The van der Waals surface area contributed by atoms with Crippen molar-refractivity contribution in [2.45, 2.75) is 60.5 Å². The molecule has 1 heterocycles. The molecular formula is C15H36B3N3. The van der Waals surface area contributed by atoms with E-state index in [0.29, 0.717) is 20.9 Å². The minimum absolute atomic E-state index is 0.564. The molecule has 0 unspecified atom stereocenters. The molecule has 0 saturated carbocycles. The minimum atomic E-state index is 0.564. The highest BCUT2D eigenvalue weighted by atomic mass is 15.3. The third-order valence-electron chi connectivity index (χ3n) is 4.87. The molecule has 21 heavy (non-hydrogen) atoms. The summed E-state index contributed by atoms with van der Waals surface area (Å²) in [7, 11) is 6.95. The van der Waals surface area contributed by atoms with Crippen LogP contribution in [0.2, 0.25) is 19.0 Å². The second-order valence-corrected chi connectivity index (χ2v) is 8.33. The molecule has 0 spiro atoms. The van der Waals surface area contributed by atoms with Gasteiger partial charge >= 0.3 is 0 Å². The molecule has 1 rings (SSSR count). The summed E-state index contributed by atoms with van der Waals surface area (Å²) in [6.45, 7) is 15.7. The van der Waals surface area contributed by atoms with E-state index in [0.717, 1.165) is 17.8 Å². The summed E-state index contributed by atoms with van der Waals surface area (Å²) in [5.74, 6) is 2.22. The lowest BCUT2D eigenvalue weighted by Gasteiger charge is -2.52. The molecule has 1 fully saturated rings. The van der Waals surface area contributed by atoms with Crippen LogP contribution in [0.3, 0.4) is 0 Å². The molecule has 1 aliphatic heterocycles. The molecular weight excluding hydrogens is 255 g/mol. The van der Waals surface area contributed by atoms with Gasteiger partial charge in [-0.1, -0.05) is 59.3 Å². The van der Waals surface area contributed by atoms with Gasteiger partial charge in [0.15, 0.2) is 0 Å². The Balaban J connectivity index is 2.98. The third kappa shape index (κ3) is 5.04. The van der Waals surface area contributed by atoms with Crippen molar-refractivity contribution in [2.24, 2.45) is 17.8 Å². The van der Waals surface area contributed by atoms with Gasteiger partial charge in [0.25, 0.3) is 20.9 Å². The van der Waals surface area contributed by atoms with Crippen LogP contribution < -0.4 is 0 Å². The Kier molecular flexibility index (Phi) is 7.35. The number of rotatable bonds is 6. The fourth-order valence-corrected chi connectivity index (χ4v) is 3.72. The van der Waals surface area contributed by atoms with Crippen LogP contribution in [-0.4, -0.2) is 56.3 Å². The van der Waals surface area contributed by atoms with Gasteiger partial charge in [-0.2, -0.15) is 0 Å². The van der Waals surface area contributed by atoms with Gasteiger partial charge in [-0.15, -0.1) is 0 Å². The van der Waals surface area contributed by atoms with Crippen molar-refractivity contribution in [3.63, 3.8) is 0 Å². The molecule has 0 amide bonds. The fourth-order valence-electron chi connectivity index (χ4n) is 3.72. The Labute approximate surface area is 135 Å². The molecule has 0 aromatic heterocycles. The maximum Gasteiger partial charge on any atom is 0.290 e. The molecule has 0 aliphatic carbocycles.